The molecule has 0 saturated heterocycles. The van der Waals surface area contributed by atoms with Crippen molar-refractivity contribution in [3.8, 4) is 11.8 Å². The van der Waals surface area contributed by atoms with E-state index in [4.69, 9.17) is 10.8 Å². The fourth-order valence-corrected chi connectivity index (χ4v) is 1.02. The number of rotatable bonds is 2. The van der Waals surface area contributed by atoms with Crippen LogP contribution in [0.25, 0.3) is 0 Å². The quantitative estimate of drug-likeness (QED) is 0.334. The van der Waals surface area contributed by atoms with Gasteiger partial charge in [0.2, 0.25) is 0 Å². The topological polar surface area (TPSA) is 106 Å². The molecule has 6 nitrogen and oxygen atoms in total. The van der Waals surface area contributed by atoms with E-state index in [1.165, 1.54) is 18.2 Å². The van der Waals surface area contributed by atoms with Crippen LogP contribution in [0.4, 0.5) is 11.4 Å². The summed E-state index contributed by atoms with van der Waals surface area (Å²) in [7, 11) is 0. The molecule has 1 rings (SSSR count). The Balaban J connectivity index is 2.92. The van der Waals surface area contributed by atoms with E-state index >= 15 is 0 Å². The van der Waals surface area contributed by atoms with Gasteiger partial charge in [0.1, 0.15) is 12.1 Å². The van der Waals surface area contributed by atoms with Crippen LogP contribution in [0.2, 0.25) is 0 Å². The number of hydrogen-bond acceptors (Lipinski definition) is 4. The van der Waals surface area contributed by atoms with Crippen LogP contribution in [0.15, 0.2) is 18.2 Å². The van der Waals surface area contributed by atoms with Gasteiger partial charge < -0.3 is 10.8 Å². The van der Waals surface area contributed by atoms with Crippen LogP contribution >= 0.6 is 0 Å². The van der Waals surface area contributed by atoms with Crippen molar-refractivity contribution in [3.05, 3.63) is 33.9 Å². The van der Waals surface area contributed by atoms with Crippen molar-refractivity contribution >= 4 is 17.3 Å². The highest BCUT2D eigenvalue weighted by molar-refractivity contribution is 5.70. The normalized spacial score (nSPS) is 9.00. The number of nitro benzene ring substituents is 1. The maximum absolute atomic E-state index is 10.4. The standard InChI is InChI=1S/C10H8N2O4/c11-8-6-7(2-1-3-10(13)14)4-5-9(8)12(15)16/h4-6H,3,11H2,(H,13,14). The van der Waals surface area contributed by atoms with Gasteiger partial charge in [0, 0.05) is 11.6 Å². The molecule has 16 heavy (non-hydrogen) atoms. The first kappa shape index (κ1) is 11.5. The Morgan fingerprint density at radius 3 is 2.75 bits per heavy atom. The molecular weight excluding hydrogens is 212 g/mol. The number of carboxylic acid groups (broad SMARTS) is 1. The molecule has 1 aromatic carbocycles. The van der Waals surface area contributed by atoms with Crippen molar-refractivity contribution in [1.29, 1.82) is 0 Å². The van der Waals surface area contributed by atoms with E-state index in [2.05, 4.69) is 11.8 Å². The van der Waals surface area contributed by atoms with Gasteiger partial charge in [0.15, 0.2) is 0 Å². The Morgan fingerprint density at radius 2 is 2.25 bits per heavy atom. The first-order chi connectivity index (χ1) is 7.50. The zero-order chi connectivity index (χ0) is 12.1. The predicted molar refractivity (Wildman–Crippen MR) is 56.6 cm³/mol. The minimum atomic E-state index is -1.03. The van der Waals surface area contributed by atoms with Gasteiger partial charge in [-0.3, -0.25) is 14.9 Å². The van der Waals surface area contributed by atoms with Crippen LogP contribution in [0, 0.1) is 22.0 Å². The molecular formula is C10H8N2O4. The summed E-state index contributed by atoms with van der Waals surface area (Å²) in [6, 6.07) is 4.00. The van der Waals surface area contributed by atoms with E-state index in [1.807, 2.05) is 0 Å². The smallest absolute Gasteiger partial charge is 0.315 e. The molecule has 0 spiro atoms. The summed E-state index contributed by atoms with van der Waals surface area (Å²) < 4.78 is 0. The predicted octanol–water partition coefficient (Wildman–Crippen LogP) is 1.00. The third-order valence-electron chi connectivity index (χ3n) is 1.70. The van der Waals surface area contributed by atoms with Crippen LogP contribution in [-0.4, -0.2) is 16.0 Å². The summed E-state index contributed by atoms with van der Waals surface area (Å²) in [5.74, 6) is 3.93. The second-order valence-corrected chi connectivity index (χ2v) is 2.90. The lowest BCUT2D eigenvalue weighted by Crippen LogP contribution is -1.95. The summed E-state index contributed by atoms with van der Waals surface area (Å²) >= 11 is 0. The number of nitrogens with zero attached hydrogens (tertiary/aromatic N) is 1. The fraction of sp³-hybridized carbons (Fsp3) is 0.100. The molecule has 0 amide bonds. The SMILES string of the molecule is Nc1cc(C#CCC(=O)O)ccc1[N+](=O)[O-]. The maximum Gasteiger partial charge on any atom is 0.315 e. The van der Waals surface area contributed by atoms with E-state index in [1.54, 1.807) is 0 Å². The van der Waals surface area contributed by atoms with Crippen LogP contribution in [0.5, 0.6) is 0 Å². The molecule has 3 N–H and O–H groups in total. The maximum atomic E-state index is 10.4. The van der Waals surface area contributed by atoms with Crippen molar-refractivity contribution in [1.82, 2.24) is 0 Å². The highest BCUT2D eigenvalue weighted by Crippen LogP contribution is 2.21. The molecule has 0 aliphatic heterocycles. The minimum absolute atomic E-state index is 0.00660. The van der Waals surface area contributed by atoms with E-state index in [0.29, 0.717) is 5.56 Å². The summed E-state index contributed by atoms with van der Waals surface area (Å²) in [5.41, 5.74) is 5.69. The Labute approximate surface area is 90.8 Å². The summed E-state index contributed by atoms with van der Waals surface area (Å²) in [5, 5.41) is 18.8. The zero-order valence-electron chi connectivity index (χ0n) is 8.14. The Hall–Kier alpha value is -2.55. The number of anilines is 1. The first-order valence-corrected chi connectivity index (χ1v) is 4.25. The van der Waals surface area contributed by atoms with E-state index in [0.717, 1.165) is 0 Å². The number of aliphatic carboxylic acids is 1. The van der Waals surface area contributed by atoms with E-state index < -0.39 is 10.9 Å². The number of nitrogen functional groups attached to an aromatic ring is 1. The van der Waals surface area contributed by atoms with Gasteiger partial charge in [-0.15, -0.1) is 0 Å². The number of hydrogen-bond donors (Lipinski definition) is 2. The lowest BCUT2D eigenvalue weighted by atomic mass is 10.2. The summed E-state index contributed by atoms with van der Waals surface area (Å²) in [6.07, 6.45) is -0.281. The minimum Gasteiger partial charge on any atom is -0.481 e. The van der Waals surface area contributed by atoms with E-state index in [-0.39, 0.29) is 17.8 Å². The Kier molecular flexibility index (Phi) is 3.45. The van der Waals surface area contributed by atoms with Gasteiger partial charge >= 0.3 is 5.97 Å². The fourth-order valence-electron chi connectivity index (χ4n) is 1.02. The van der Waals surface area contributed by atoms with Crippen molar-refractivity contribution in [2.45, 2.75) is 6.42 Å². The van der Waals surface area contributed by atoms with Crippen LogP contribution in [0.3, 0.4) is 0 Å². The molecule has 0 heterocycles. The first-order valence-electron chi connectivity index (χ1n) is 4.25. The monoisotopic (exact) mass is 220 g/mol. The van der Waals surface area contributed by atoms with Crippen LogP contribution in [0.1, 0.15) is 12.0 Å². The average molecular weight is 220 g/mol. The van der Waals surface area contributed by atoms with Crippen molar-refractivity contribution in [2.75, 3.05) is 5.73 Å². The summed E-state index contributed by atoms with van der Waals surface area (Å²) in [6.45, 7) is 0. The van der Waals surface area contributed by atoms with Crippen LogP contribution < -0.4 is 5.73 Å². The molecule has 0 saturated carbocycles. The third kappa shape index (κ3) is 2.99. The molecule has 0 atom stereocenters. The average Bonchev–Trinajstić information content (AvgIpc) is 2.16. The highest BCUT2D eigenvalue weighted by atomic mass is 16.6. The zero-order valence-corrected chi connectivity index (χ0v) is 8.14. The highest BCUT2D eigenvalue weighted by Gasteiger charge is 2.09. The molecule has 0 fully saturated rings. The van der Waals surface area contributed by atoms with Gasteiger partial charge in [-0.2, -0.15) is 0 Å². The number of nitrogens with two attached hydrogens (primary N) is 1. The number of benzene rings is 1. The molecule has 1 aromatic rings. The van der Waals surface area contributed by atoms with Gasteiger partial charge in [-0.1, -0.05) is 11.8 Å². The van der Waals surface area contributed by atoms with Gasteiger partial charge in [0.25, 0.3) is 5.69 Å². The van der Waals surface area contributed by atoms with E-state index in [9.17, 15) is 14.9 Å². The van der Waals surface area contributed by atoms with Crippen LogP contribution in [-0.2, 0) is 4.79 Å². The molecule has 6 heteroatoms. The molecule has 0 unspecified atom stereocenters. The van der Waals surface area contributed by atoms with Gasteiger partial charge in [-0.25, -0.2) is 0 Å². The lowest BCUT2D eigenvalue weighted by Gasteiger charge is -1.96. The van der Waals surface area contributed by atoms with Crippen molar-refractivity contribution in [3.63, 3.8) is 0 Å². The molecule has 0 aromatic heterocycles. The molecule has 0 bridgehead atoms. The number of carboxylic acids is 1. The Bertz CT molecular complexity index is 499. The van der Waals surface area contributed by atoms with Gasteiger partial charge in [-0.05, 0) is 12.1 Å². The lowest BCUT2D eigenvalue weighted by molar-refractivity contribution is -0.383. The number of carbonyl (C=O) groups is 1. The summed E-state index contributed by atoms with van der Waals surface area (Å²) in [4.78, 5) is 20.0. The number of nitro groups is 1. The van der Waals surface area contributed by atoms with Crippen molar-refractivity contribution in [2.24, 2.45) is 0 Å². The molecule has 0 aliphatic carbocycles. The second-order valence-electron chi connectivity index (χ2n) is 2.90. The molecule has 0 aliphatic rings. The third-order valence-corrected chi connectivity index (χ3v) is 1.70. The second kappa shape index (κ2) is 4.79. The molecule has 0 radical (unpaired) electrons. The van der Waals surface area contributed by atoms with Gasteiger partial charge in [0.05, 0.1) is 4.92 Å². The Morgan fingerprint density at radius 1 is 1.56 bits per heavy atom. The largest absolute Gasteiger partial charge is 0.481 e. The van der Waals surface area contributed by atoms with Crippen molar-refractivity contribution < 1.29 is 14.8 Å². The molecule has 82 valence electrons.